The number of carbonyl (C=O) groups is 2. The van der Waals surface area contributed by atoms with Crippen LogP contribution in [0.3, 0.4) is 0 Å². The molecular formula is C22H11N3O4S. The lowest BCUT2D eigenvalue weighted by Crippen LogP contribution is -2.22. The first-order valence-corrected chi connectivity index (χ1v) is 9.92. The number of nitrogens with zero attached hydrogens (tertiary/aromatic N) is 2. The third kappa shape index (κ3) is 2.37. The van der Waals surface area contributed by atoms with E-state index in [2.05, 4.69) is 10.3 Å². The Morgan fingerprint density at radius 1 is 0.967 bits per heavy atom. The first-order valence-electron chi connectivity index (χ1n) is 9.10. The number of hydrogen-bond donors (Lipinski definition) is 1. The minimum atomic E-state index is -0.416. The van der Waals surface area contributed by atoms with Gasteiger partial charge < -0.3 is 4.42 Å². The molecule has 0 unspecified atom stereocenters. The molecule has 0 spiro atoms. The first kappa shape index (κ1) is 16.9. The zero-order valence-corrected chi connectivity index (χ0v) is 16.0. The molecule has 1 aliphatic heterocycles. The third-order valence-electron chi connectivity index (χ3n) is 5.07. The van der Waals surface area contributed by atoms with E-state index in [1.165, 1.54) is 11.3 Å². The van der Waals surface area contributed by atoms with Gasteiger partial charge in [-0.15, -0.1) is 0 Å². The highest BCUT2D eigenvalue weighted by molar-refractivity contribution is 7.15. The molecule has 0 saturated carbocycles. The van der Waals surface area contributed by atoms with Crippen LogP contribution in [0.15, 0.2) is 63.8 Å². The van der Waals surface area contributed by atoms with Gasteiger partial charge in [-0.2, -0.15) is 0 Å². The minimum absolute atomic E-state index is 0.144. The molecule has 3 aromatic heterocycles. The van der Waals surface area contributed by atoms with E-state index in [-0.39, 0.29) is 5.56 Å². The van der Waals surface area contributed by atoms with E-state index in [0.29, 0.717) is 37.7 Å². The Kier molecular flexibility index (Phi) is 3.36. The van der Waals surface area contributed by atoms with Gasteiger partial charge >= 0.3 is 0 Å². The lowest BCUT2D eigenvalue weighted by Gasteiger charge is -1.99. The Labute approximate surface area is 171 Å². The Hall–Kier alpha value is -4.04. The van der Waals surface area contributed by atoms with Gasteiger partial charge in [-0.1, -0.05) is 29.5 Å². The summed E-state index contributed by atoms with van der Waals surface area (Å²) in [6.07, 6.45) is 1.68. The lowest BCUT2D eigenvalue weighted by molar-refractivity contribution is 0.0879. The van der Waals surface area contributed by atoms with Crippen molar-refractivity contribution in [2.75, 3.05) is 0 Å². The normalized spacial score (nSPS) is 14.1. The van der Waals surface area contributed by atoms with Gasteiger partial charge in [0.05, 0.1) is 22.2 Å². The second-order valence-corrected chi connectivity index (χ2v) is 7.89. The predicted molar refractivity (Wildman–Crippen MR) is 112 cm³/mol. The zero-order valence-electron chi connectivity index (χ0n) is 15.2. The lowest BCUT2D eigenvalue weighted by atomic mass is 10.0. The van der Waals surface area contributed by atoms with Crippen LogP contribution >= 0.6 is 11.3 Å². The second-order valence-electron chi connectivity index (χ2n) is 6.88. The average molecular weight is 413 g/mol. The van der Waals surface area contributed by atoms with E-state index in [1.807, 2.05) is 24.3 Å². The van der Waals surface area contributed by atoms with Crippen LogP contribution in [0.5, 0.6) is 0 Å². The molecule has 1 aliphatic rings. The zero-order chi connectivity index (χ0) is 20.4. The summed E-state index contributed by atoms with van der Waals surface area (Å²) >= 11 is 1.30. The van der Waals surface area contributed by atoms with E-state index in [1.54, 1.807) is 40.8 Å². The number of rotatable bonds is 2. The van der Waals surface area contributed by atoms with Gasteiger partial charge in [0.25, 0.3) is 17.4 Å². The number of carbonyl (C=O) groups excluding carboxylic acids is 2. The van der Waals surface area contributed by atoms with Crippen molar-refractivity contribution in [2.45, 2.75) is 0 Å². The highest BCUT2D eigenvalue weighted by Gasteiger charge is 2.27. The van der Waals surface area contributed by atoms with E-state index < -0.39 is 11.8 Å². The van der Waals surface area contributed by atoms with Crippen LogP contribution in [0.25, 0.3) is 33.4 Å². The number of benzene rings is 2. The van der Waals surface area contributed by atoms with Gasteiger partial charge in [0, 0.05) is 11.6 Å². The monoisotopic (exact) mass is 413 g/mol. The first-order chi connectivity index (χ1) is 14.6. The van der Waals surface area contributed by atoms with Gasteiger partial charge in [-0.05, 0) is 36.4 Å². The van der Waals surface area contributed by atoms with Crippen LogP contribution in [-0.4, -0.2) is 21.2 Å². The number of aromatic nitrogens is 2. The fourth-order valence-corrected chi connectivity index (χ4v) is 4.61. The van der Waals surface area contributed by atoms with Gasteiger partial charge in [-0.25, -0.2) is 9.38 Å². The van der Waals surface area contributed by atoms with Crippen LogP contribution in [0.4, 0.5) is 0 Å². The number of imidazole rings is 1. The van der Waals surface area contributed by atoms with E-state index in [4.69, 9.17) is 4.42 Å². The molecular weight excluding hydrogens is 402 g/mol. The molecule has 5 aromatic rings. The summed E-state index contributed by atoms with van der Waals surface area (Å²) in [6, 6.07) is 16.0. The van der Waals surface area contributed by atoms with Gasteiger partial charge in [0.15, 0.2) is 4.96 Å². The summed E-state index contributed by atoms with van der Waals surface area (Å²) in [6.45, 7) is 0. The molecule has 6 rings (SSSR count). The van der Waals surface area contributed by atoms with E-state index in [0.717, 1.165) is 11.0 Å². The molecule has 2 amide bonds. The molecule has 0 atom stereocenters. The van der Waals surface area contributed by atoms with Gasteiger partial charge in [-0.3, -0.25) is 19.7 Å². The van der Waals surface area contributed by atoms with Crippen molar-refractivity contribution >= 4 is 45.2 Å². The van der Waals surface area contributed by atoms with Crippen molar-refractivity contribution in [1.82, 2.24) is 14.7 Å². The van der Waals surface area contributed by atoms with Crippen molar-refractivity contribution in [2.24, 2.45) is 0 Å². The maximum absolute atomic E-state index is 12.9. The number of para-hydroxylation sites is 2. The van der Waals surface area contributed by atoms with Crippen molar-refractivity contribution < 1.29 is 14.0 Å². The standard InChI is InChI=1S/C22H11N3O4S/c26-19-13-7-5-11(9-14(13)20(27)24-19)17-8-6-12(29-17)10-18-21(28)25-16-4-2-1-3-15(16)23-22(25)30-18/h1-10H,(H,24,26,27)/b18-10-. The Bertz CT molecular complexity index is 1640. The Morgan fingerprint density at radius 3 is 2.70 bits per heavy atom. The topological polar surface area (TPSA) is 93.7 Å². The molecule has 0 saturated heterocycles. The van der Waals surface area contributed by atoms with E-state index in [9.17, 15) is 14.4 Å². The molecule has 4 heterocycles. The fourth-order valence-electron chi connectivity index (χ4n) is 3.65. The smallest absolute Gasteiger partial charge is 0.275 e. The van der Waals surface area contributed by atoms with Crippen LogP contribution < -0.4 is 15.4 Å². The predicted octanol–water partition coefficient (Wildman–Crippen LogP) is 2.60. The number of nitrogens with one attached hydrogen (secondary N) is 1. The summed E-state index contributed by atoms with van der Waals surface area (Å²) in [5.74, 6) is 0.237. The average Bonchev–Trinajstić information content (AvgIpc) is 3.48. The Morgan fingerprint density at radius 2 is 1.80 bits per heavy atom. The molecule has 0 fully saturated rings. The summed E-state index contributed by atoms with van der Waals surface area (Å²) < 4.78 is 8.00. The molecule has 0 radical (unpaired) electrons. The maximum atomic E-state index is 12.9. The Balaban J connectivity index is 1.43. The fraction of sp³-hybridized carbons (Fsp3) is 0. The highest BCUT2D eigenvalue weighted by atomic mass is 32.1. The number of thiazole rings is 1. The van der Waals surface area contributed by atoms with Crippen LogP contribution in [0.1, 0.15) is 26.5 Å². The molecule has 1 N–H and O–H groups in total. The molecule has 0 bridgehead atoms. The number of fused-ring (bicyclic) bond motifs is 4. The van der Waals surface area contributed by atoms with Crippen molar-refractivity contribution in [3.63, 3.8) is 0 Å². The quantitative estimate of drug-likeness (QED) is 0.449. The molecule has 2 aromatic carbocycles. The molecule has 7 nitrogen and oxygen atoms in total. The summed E-state index contributed by atoms with van der Waals surface area (Å²) in [5, 5.41) is 2.27. The van der Waals surface area contributed by atoms with Crippen LogP contribution in [-0.2, 0) is 0 Å². The van der Waals surface area contributed by atoms with E-state index >= 15 is 0 Å². The SMILES string of the molecule is O=C1NC(=O)c2cc(-c3ccc(/C=c4\sc5nc6ccccc6n5c4=O)o3)ccc21. The number of amides is 2. The number of furan rings is 1. The molecule has 8 heteroatoms. The molecule has 0 aliphatic carbocycles. The van der Waals surface area contributed by atoms with Crippen LogP contribution in [0, 0.1) is 0 Å². The maximum Gasteiger partial charge on any atom is 0.275 e. The largest absolute Gasteiger partial charge is 0.457 e. The third-order valence-corrected chi connectivity index (χ3v) is 6.03. The second kappa shape index (κ2) is 5.98. The summed E-state index contributed by atoms with van der Waals surface area (Å²) in [5.41, 5.74) is 2.77. The summed E-state index contributed by atoms with van der Waals surface area (Å²) in [4.78, 5) is 41.6. The van der Waals surface area contributed by atoms with Crippen molar-refractivity contribution in [3.8, 4) is 11.3 Å². The summed E-state index contributed by atoms with van der Waals surface area (Å²) in [7, 11) is 0. The number of hydrogen-bond acceptors (Lipinski definition) is 6. The molecule has 144 valence electrons. The van der Waals surface area contributed by atoms with Gasteiger partial charge in [0.1, 0.15) is 16.1 Å². The van der Waals surface area contributed by atoms with Crippen LogP contribution in [0.2, 0.25) is 0 Å². The minimum Gasteiger partial charge on any atom is -0.457 e. The molecule has 30 heavy (non-hydrogen) atoms. The van der Waals surface area contributed by atoms with Crippen molar-refractivity contribution in [3.05, 3.63) is 86.4 Å². The van der Waals surface area contributed by atoms with Crippen molar-refractivity contribution in [1.29, 1.82) is 0 Å². The number of imide groups is 1. The van der Waals surface area contributed by atoms with Gasteiger partial charge in [0.2, 0.25) is 0 Å². The highest BCUT2D eigenvalue weighted by Crippen LogP contribution is 2.27.